The number of para-hydroxylation sites is 1. The fraction of sp³-hybridized carbons (Fsp3) is 0.353. The molecular formula is C17H20N4O2. The molecule has 0 bridgehead atoms. The van der Waals surface area contributed by atoms with E-state index in [0.717, 1.165) is 24.1 Å². The average molecular weight is 312 g/mol. The molecule has 1 aromatic heterocycles. The van der Waals surface area contributed by atoms with Gasteiger partial charge in [-0.15, -0.1) is 0 Å². The van der Waals surface area contributed by atoms with E-state index in [9.17, 15) is 9.59 Å². The van der Waals surface area contributed by atoms with Crippen LogP contribution in [0.5, 0.6) is 0 Å². The van der Waals surface area contributed by atoms with Gasteiger partial charge in [0.2, 0.25) is 11.8 Å². The molecule has 0 radical (unpaired) electrons. The van der Waals surface area contributed by atoms with Crippen molar-refractivity contribution in [1.82, 2.24) is 20.0 Å². The molecule has 0 aliphatic carbocycles. The Bertz CT molecular complexity index is 681. The summed E-state index contributed by atoms with van der Waals surface area (Å²) in [4.78, 5) is 25.3. The number of carbonyl (C=O) groups excluding carboxylic acids is 2. The van der Waals surface area contributed by atoms with Gasteiger partial charge < -0.3 is 10.2 Å². The normalized spacial score (nSPS) is 14.8. The second-order valence-corrected chi connectivity index (χ2v) is 5.68. The Morgan fingerprint density at radius 1 is 1.22 bits per heavy atom. The highest BCUT2D eigenvalue weighted by atomic mass is 16.2. The lowest BCUT2D eigenvalue weighted by molar-refractivity contribution is -0.137. The van der Waals surface area contributed by atoms with Gasteiger partial charge in [-0.2, -0.15) is 5.10 Å². The van der Waals surface area contributed by atoms with Crippen LogP contribution in [-0.4, -0.2) is 39.6 Å². The van der Waals surface area contributed by atoms with Crippen LogP contribution in [0.4, 0.5) is 0 Å². The minimum atomic E-state index is -0.132. The number of rotatable bonds is 5. The Labute approximate surface area is 135 Å². The van der Waals surface area contributed by atoms with E-state index in [-0.39, 0.29) is 18.4 Å². The van der Waals surface area contributed by atoms with E-state index in [2.05, 4.69) is 10.4 Å². The van der Waals surface area contributed by atoms with Gasteiger partial charge >= 0.3 is 0 Å². The number of aromatic nitrogens is 2. The zero-order valence-electron chi connectivity index (χ0n) is 12.9. The summed E-state index contributed by atoms with van der Waals surface area (Å²) in [5, 5.41) is 7.14. The van der Waals surface area contributed by atoms with E-state index >= 15 is 0 Å². The van der Waals surface area contributed by atoms with Crippen molar-refractivity contribution in [3.63, 3.8) is 0 Å². The van der Waals surface area contributed by atoms with Crippen molar-refractivity contribution in [2.24, 2.45) is 0 Å². The van der Waals surface area contributed by atoms with Crippen LogP contribution in [0.3, 0.4) is 0 Å². The minimum absolute atomic E-state index is 0.0725. The molecule has 6 nitrogen and oxygen atoms in total. The number of hydrogen-bond donors (Lipinski definition) is 1. The second kappa shape index (κ2) is 7.09. The lowest BCUT2D eigenvalue weighted by Crippen LogP contribution is -2.42. The molecule has 1 aliphatic rings. The SMILES string of the molecule is O=C(CN1CCCCC1=O)NCc1cnn(-c2ccccc2)c1. The molecule has 0 spiro atoms. The molecule has 1 aromatic carbocycles. The van der Waals surface area contributed by atoms with Crippen LogP contribution < -0.4 is 5.32 Å². The molecule has 2 heterocycles. The summed E-state index contributed by atoms with van der Waals surface area (Å²) >= 11 is 0. The molecule has 23 heavy (non-hydrogen) atoms. The van der Waals surface area contributed by atoms with E-state index in [1.54, 1.807) is 15.8 Å². The van der Waals surface area contributed by atoms with E-state index in [1.165, 1.54) is 0 Å². The maximum absolute atomic E-state index is 12.0. The Morgan fingerprint density at radius 3 is 2.83 bits per heavy atom. The first-order chi connectivity index (χ1) is 11.2. The molecule has 0 unspecified atom stereocenters. The number of piperidine rings is 1. The van der Waals surface area contributed by atoms with Crippen molar-refractivity contribution in [2.75, 3.05) is 13.1 Å². The molecule has 2 amide bonds. The van der Waals surface area contributed by atoms with Gasteiger partial charge in [-0.25, -0.2) is 4.68 Å². The van der Waals surface area contributed by atoms with Crippen molar-refractivity contribution in [2.45, 2.75) is 25.8 Å². The smallest absolute Gasteiger partial charge is 0.239 e. The number of carbonyl (C=O) groups is 2. The maximum Gasteiger partial charge on any atom is 0.239 e. The largest absolute Gasteiger partial charge is 0.350 e. The second-order valence-electron chi connectivity index (χ2n) is 5.68. The number of amides is 2. The number of likely N-dealkylation sites (tertiary alicyclic amines) is 1. The predicted molar refractivity (Wildman–Crippen MR) is 85.8 cm³/mol. The molecule has 1 aliphatic heterocycles. The van der Waals surface area contributed by atoms with Gasteiger partial charge in [0.05, 0.1) is 18.4 Å². The number of nitrogens with one attached hydrogen (secondary N) is 1. The minimum Gasteiger partial charge on any atom is -0.350 e. The van der Waals surface area contributed by atoms with Crippen molar-refractivity contribution in [3.05, 3.63) is 48.3 Å². The first kappa shape index (κ1) is 15.3. The summed E-state index contributed by atoms with van der Waals surface area (Å²) in [7, 11) is 0. The third-order valence-corrected chi connectivity index (χ3v) is 3.90. The van der Waals surface area contributed by atoms with Crippen LogP contribution in [0.1, 0.15) is 24.8 Å². The van der Waals surface area contributed by atoms with Gasteiger partial charge in [-0.1, -0.05) is 18.2 Å². The predicted octanol–water partition coefficient (Wildman–Crippen LogP) is 1.50. The first-order valence-corrected chi connectivity index (χ1v) is 7.86. The Morgan fingerprint density at radius 2 is 2.04 bits per heavy atom. The zero-order chi connectivity index (χ0) is 16.1. The summed E-state index contributed by atoms with van der Waals surface area (Å²) in [6, 6.07) is 9.80. The fourth-order valence-corrected chi connectivity index (χ4v) is 2.63. The van der Waals surface area contributed by atoms with E-state index in [0.29, 0.717) is 19.5 Å². The van der Waals surface area contributed by atoms with E-state index in [4.69, 9.17) is 0 Å². The summed E-state index contributed by atoms with van der Waals surface area (Å²) in [6.45, 7) is 1.23. The molecule has 0 saturated carbocycles. The molecule has 2 aromatic rings. The Kier molecular flexibility index (Phi) is 4.71. The number of benzene rings is 1. The Balaban J connectivity index is 1.51. The molecular weight excluding hydrogens is 292 g/mol. The van der Waals surface area contributed by atoms with Gasteiger partial charge in [-0.05, 0) is 25.0 Å². The first-order valence-electron chi connectivity index (χ1n) is 7.86. The van der Waals surface area contributed by atoms with Crippen molar-refractivity contribution in [1.29, 1.82) is 0 Å². The van der Waals surface area contributed by atoms with Crippen LogP contribution in [-0.2, 0) is 16.1 Å². The van der Waals surface area contributed by atoms with Gasteiger partial charge in [0.15, 0.2) is 0 Å². The van der Waals surface area contributed by atoms with Crippen LogP contribution in [0.2, 0.25) is 0 Å². The summed E-state index contributed by atoms with van der Waals surface area (Å²) in [6.07, 6.45) is 6.08. The van der Waals surface area contributed by atoms with Crippen molar-refractivity contribution in [3.8, 4) is 5.69 Å². The molecule has 3 rings (SSSR count). The van der Waals surface area contributed by atoms with Gasteiger partial charge in [0.1, 0.15) is 0 Å². The average Bonchev–Trinajstić information content (AvgIpc) is 3.05. The van der Waals surface area contributed by atoms with Gasteiger partial charge in [-0.3, -0.25) is 9.59 Å². The fourth-order valence-electron chi connectivity index (χ4n) is 2.63. The number of nitrogens with zero attached hydrogens (tertiary/aromatic N) is 3. The van der Waals surface area contributed by atoms with Crippen LogP contribution in [0.15, 0.2) is 42.7 Å². The molecule has 1 fully saturated rings. The number of hydrogen-bond acceptors (Lipinski definition) is 3. The van der Waals surface area contributed by atoms with Crippen molar-refractivity contribution < 1.29 is 9.59 Å². The lowest BCUT2D eigenvalue weighted by Gasteiger charge is -2.25. The molecule has 6 heteroatoms. The van der Waals surface area contributed by atoms with Crippen LogP contribution >= 0.6 is 0 Å². The van der Waals surface area contributed by atoms with Gasteiger partial charge in [0.25, 0.3) is 0 Å². The topological polar surface area (TPSA) is 67.2 Å². The molecule has 0 atom stereocenters. The quantitative estimate of drug-likeness (QED) is 0.910. The highest BCUT2D eigenvalue weighted by Crippen LogP contribution is 2.10. The monoisotopic (exact) mass is 312 g/mol. The summed E-state index contributed by atoms with van der Waals surface area (Å²) < 4.78 is 1.77. The highest BCUT2D eigenvalue weighted by molar-refractivity contribution is 5.85. The lowest BCUT2D eigenvalue weighted by atomic mass is 10.1. The van der Waals surface area contributed by atoms with Crippen molar-refractivity contribution >= 4 is 11.8 Å². The van der Waals surface area contributed by atoms with E-state index in [1.807, 2.05) is 36.5 Å². The van der Waals surface area contributed by atoms with Crippen LogP contribution in [0.25, 0.3) is 5.69 Å². The summed E-state index contributed by atoms with van der Waals surface area (Å²) in [5.74, 6) is -0.0593. The zero-order valence-corrected chi connectivity index (χ0v) is 12.9. The van der Waals surface area contributed by atoms with Gasteiger partial charge in [0, 0.05) is 31.3 Å². The maximum atomic E-state index is 12.0. The molecule has 120 valence electrons. The van der Waals surface area contributed by atoms with E-state index < -0.39 is 0 Å². The molecule has 1 saturated heterocycles. The third-order valence-electron chi connectivity index (χ3n) is 3.90. The summed E-state index contributed by atoms with van der Waals surface area (Å²) in [5.41, 5.74) is 1.90. The third kappa shape index (κ3) is 3.97. The molecule has 1 N–H and O–H groups in total. The standard InChI is InChI=1S/C17H20N4O2/c22-16(13-20-9-5-4-8-17(20)23)18-10-14-11-19-21(12-14)15-6-2-1-3-7-15/h1-3,6-7,11-12H,4-5,8-10,13H2,(H,18,22). The van der Waals surface area contributed by atoms with Crippen LogP contribution in [0, 0.1) is 0 Å². The highest BCUT2D eigenvalue weighted by Gasteiger charge is 2.20. The Hall–Kier alpha value is -2.63.